The number of benzene rings is 2. The lowest BCUT2D eigenvalue weighted by Crippen LogP contribution is -2.55. The van der Waals surface area contributed by atoms with Gasteiger partial charge in [-0.1, -0.05) is 36.3 Å². The van der Waals surface area contributed by atoms with Crippen molar-refractivity contribution in [1.82, 2.24) is 4.90 Å². The Labute approximate surface area is 187 Å². The molecular formula is C25H30F2N2O3. The van der Waals surface area contributed by atoms with Gasteiger partial charge in [-0.25, -0.2) is 8.78 Å². The lowest BCUT2D eigenvalue weighted by atomic mass is 9.82. The van der Waals surface area contributed by atoms with Crippen molar-refractivity contribution in [2.24, 2.45) is 11.1 Å². The highest BCUT2D eigenvalue weighted by atomic mass is 19.1. The fourth-order valence-corrected chi connectivity index (χ4v) is 5.32. The van der Waals surface area contributed by atoms with E-state index in [4.69, 9.17) is 9.57 Å². The number of aliphatic hydroxyl groups excluding tert-OH is 1. The van der Waals surface area contributed by atoms with E-state index in [0.717, 1.165) is 23.3 Å². The minimum absolute atomic E-state index is 0.130. The second-order valence-electron chi connectivity index (χ2n) is 8.65. The molecule has 0 aromatic heterocycles. The second kappa shape index (κ2) is 9.65. The van der Waals surface area contributed by atoms with E-state index in [-0.39, 0.29) is 35.7 Å². The molecule has 7 heteroatoms. The molecule has 32 heavy (non-hydrogen) atoms. The lowest BCUT2D eigenvalue weighted by molar-refractivity contribution is -0.0713. The van der Waals surface area contributed by atoms with Gasteiger partial charge in [-0.3, -0.25) is 4.90 Å². The molecule has 2 saturated heterocycles. The van der Waals surface area contributed by atoms with Crippen molar-refractivity contribution >= 4 is 5.71 Å². The van der Waals surface area contributed by atoms with Crippen molar-refractivity contribution in [3.05, 3.63) is 71.3 Å². The Kier molecular flexibility index (Phi) is 6.88. The van der Waals surface area contributed by atoms with Gasteiger partial charge in [-0.2, -0.15) is 0 Å². The summed E-state index contributed by atoms with van der Waals surface area (Å²) in [5.74, 6) is -0.821. The SMILES string of the molecule is CCC(=NOC)[C@@H]1[C@H]2C(O)CC(C[C@H]1OC(c1ccc(F)cc1)c1ccc(F)cc1)N2C. The molecule has 2 heterocycles. The van der Waals surface area contributed by atoms with Crippen LogP contribution in [-0.2, 0) is 9.57 Å². The maximum absolute atomic E-state index is 13.6. The van der Waals surface area contributed by atoms with Crippen LogP contribution in [-0.4, -0.2) is 54.2 Å². The monoisotopic (exact) mass is 444 g/mol. The Balaban J connectivity index is 1.73. The summed E-state index contributed by atoms with van der Waals surface area (Å²) in [7, 11) is 3.55. The van der Waals surface area contributed by atoms with Crippen LogP contribution in [0.25, 0.3) is 0 Å². The molecule has 2 fully saturated rings. The minimum atomic E-state index is -0.510. The van der Waals surface area contributed by atoms with Gasteiger partial charge in [0.25, 0.3) is 0 Å². The van der Waals surface area contributed by atoms with Crippen molar-refractivity contribution in [2.75, 3.05) is 14.2 Å². The van der Waals surface area contributed by atoms with Gasteiger partial charge in [0.1, 0.15) is 24.8 Å². The van der Waals surface area contributed by atoms with E-state index in [1.165, 1.54) is 31.4 Å². The van der Waals surface area contributed by atoms with Crippen LogP contribution in [0.1, 0.15) is 43.4 Å². The van der Waals surface area contributed by atoms with E-state index >= 15 is 0 Å². The molecule has 0 spiro atoms. The number of piperidine rings is 1. The molecule has 1 N–H and O–H groups in total. The molecule has 0 saturated carbocycles. The van der Waals surface area contributed by atoms with Gasteiger partial charge in [-0.05, 0) is 61.7 Å². The number of fused-ring (bicyclic) bond motifs is 2. The summed E-state index contributed by atoms with van der Waals surface area (Å²) >= 11 is 0. The molecule has 2 aliphatic heterocycles. The van der Waals surface area contributed by atoms with Crippen LogP contribution < -0.4 is 0 Å². The maximum atomic E-state index is 13.6. The molecule has 0 aliphatic carbocycles. The van der Waals surface area contributed by atoms with Crippen LogP contribution in [0.2, 0.25) is 0 Å². The third kappa shape index (κ3) is 4.42. The quantitative estimate of drug-likeness (QED) is 0.511. The number of oxime groups is 1. The summed E-state index contributed by atoms with van der Waals surface area (Å²) in [5.41, 5.74) is 2.40. The van der Waals surface area contributed by atoms with E-state index in [2.05, 4.69) is 10.1 Å². The van der Waals surface area contributed by atoms with Gasteiger partial charge < -0.3 is 14.7 Å². The van der Waals surface area contributed by atoms with E-state index in [1.54, 1.807) is 24.3 Å². The van der Waals surface area contributed by atoms with E-state index in [1.807, 2.05) is 14.0 Å². The zero-order valence-corrected chi connectivity index (χ0v) is 18.6. The fraction of sp³-hybridized carbons (Fsp3) is 0.480. The predicted octanol–water partition coefficient (Wildman–Crippen LogP) is 4.31. The Bertz CT molecular complexity index is 890. The molecule has 2 aromatic rings. The molecule has 5 nitrogen and oxygen atoms in total. The molecule has 2 bridgehead atoms. The minimum Gasteiger partial charge on any atom is -0.399 e. The number of hydrogen-bond acceptors (Lipinski definition) is 5. The first-order valence-corrected chi connectivity index (χ1v) is 11.1. The number of aliphatic hydroxyl groups is 1. The van der Waals surface area contributed by atoms with Crippen LogP contribution in [0.5, 0.6) is 0 Å². The summed E-state index contributed by atoms with van der Waals surface area (Å²) < 4.78 is 34.0. The number of hydrogen-bond donors (Lipinski definition) is 1. The molecule has 0 radical (unpaired) electrons. The molecule has 2 aliphatic rings. The summed E-state index contributed by atoms with van der Waals surface area (Å²) in [6.45, 7) is 2.01. The maximum Gasteiger partial charge on any atom is 0.123 e. The Morgan fingerprint density at radius 1 is 1.06 bits per heavy atom. The highest BCUT2D eigenvalue weighted by Gasteiger charge is 2.53. The van der Waals surface area contributed by atoms with Gasteiger partial charge >= 0.3 is 0 Å². The smallest absolute Gasteiger partial charge is 0.123 e. The highest BCUT2D eigenvalue weighted by Crippen LogP contribution is 2.43. The van der Waals surface area contributed by atoms with Gasteiger partial charge in [-0.15, -0.1) is 0 Å². The average Bonchev–Trinajstić information content (AvgIpc) is 2.96. The number of ether oxygens (including phenoxy) is 1. The van der Waals surface area contributed by atoms with Crippen molar-refractivity contribution in [3.8, 4) is 0 Å². The number of rotatable bonds is 7. The van der Waals surface area contributed by atoms with Crippen LogP contribution in [0.4, 0.5) is 8.78 Å². The molecule has 2 unspecified atom stereocenters. The first-order valence-electron chi connectivity index (χ1n) is 11.1. The fourth-order valence-electron chi connectivity index (χ4n) is 5.32. The molecule has 2 aromatic carbocycles. The largest absolute Gasteiger partial charge is 0.399 e. The first kappa shape index (κ1) is 22.8. The molecule has 0 amide bonds. The number of nitrogens with zero attached hydrogens (tertiary/aromatic N) is 2. The van der Waals surface area contributed by atoms with Gasteiger partial charge in [0, 0.05) is 18.0 Å². The normalized spacial score (nSPS) is 28.3. The van der Waals surface area contributed by atoms with Gasteiger partial charge in [0.2, 0.25) is 0 Å². The Hall–Kier alpha value is -2.35. The number of halogens is 2. The molecule has 172 valence electrons. The standard InChI is InChI=1S/C25H30F2N2O3/c1-4-20(28-31-3)23-22(14-19-13-21(30)24(23)29(19)2)32-25(15-5-9-17(26)10-6-15)16-7-11-18(27)12-8-16/h5-12,19,21-25,30H,4,13-14H2,1-3H3/t19?,21?,22-,23+,24-/m1/s1. The topological polar surface area (TPSA) is 54.3 Å². The zero-order valence-electron chi connectivity index (χ0n) is 18.6. The highest BCUT2D eigenvalue weighted by molar-refractivity contribution is 5.87. The third-order valence-electron chi connectivity index (χ3n) is 6.84. The predicted molar refractivity (Wildman–Crippen MR) is 118 cm³/mol. The lowest BCUT2D eigenvalue weighted by Gasteiger charge is -2.44. The second-order valence-corrected chi connectivity index (χ2v) is 8.65. The first-order chi connectivity index (χ1) is 15.4. The Morgan fingerprint density at radius 3 is 2.12 bits per heavy atom. The van der Waals surface area contributed by atoms with E-state index in [9.17, 15) is 13.9 Å². The van der Waals surface area contributed by atoms with Gasteiger partial charge in [0.15, 0.2) is 0 Å². The average molecular weight is 445 g/mol. The molecular weight excluding hydrogens is 414 g/mol. The van der Waals surface area contributed by atoms with Gasteiger partial charge in [0.05, 0.1) is 17.9 Å². The van der Waals surface area contributed by atoms with Crippen LogP contribution in [0, 0.1) is 17.6 Å². The Morgan fingerprint density at radius 2 is 1.62 bits per heavy atom. The summed E-state index contributed by atoms with van der Waals surface area (Å²) in [6.07, 6.45) is 0.830. The van der Waals surface area contributed by atoms with Crippen molar-refractivity contribution in [2.45, 2.75) is 56.6 Å². The third-order valence-corrected chi connectivity index (χ3v) is 6.84. The molecule has 5 atom stereocenters. The van der Waals surface area contributed by atoms with Crippen molar-refractivity contribution in [3.63, 3.8) is 0 Å². The van der Waals surface area contributed by atoms with Crippen LogP contribution >= 0.6 is 0 Å². The molecule has 4 rings (SSSR count). The van der Waals surface area contributed by atoms with Crippen LogP contribution in [0.15, 0.2) is 53.7 Å². The summed E-state index contributed by atoms with van der Waals surface area (Å²) in [5, 5.41) is 15.1. The van der Waals surface area contributed by atoms with Crippen molar-refractivity contribution < 1.29 is 23.5 Å². The zero-order chi connectivity index (χ0) is 22.8. The van der Waals surface area contributed by atoms with E-state index in [0.29, 0.717) is 12.8 Å². The summed E-state index contributed by atoms with van der Waals surface area (Å²) in [4.78, 5) is 7.35. The van der Waals surface area contributed by atoms with E-state index < -0.39 is 12.2 Å². The van der Waals surface area contributed by atoms with Crippen molar-refractivity contribution in [1.29, 1.82) is 0 Å². The van der Waals surface area contributed by atoms with Crippen LogP contribution in [0.3, 0.4) is 0 Å². The summed E-state index contributed by atoms with van der Waals surface area (Å²) in [6, 6.07) is 12.5. The number of likely N-dealkylation sites (N-methyl/N-ethyl adjacent to an activating group) is 1.